The van der Waals surface area contributed by atoms with Gasteiger partial charge in [-0.05, 0) is 94.2 Å². The van der Waals surface area contributed by atoms with Crippen LogP contribution in [-0.2, 0) is 9.09 Å². The zero-order valence-electron chi connectivity index (χ0n) is 17.9. The van der Waals surface area contributed by atoms with Gasteiger partial charge in [0, 0.05) is 22.2 Å². The molecule has 2 N–H and O–H groups in total. The van der Waals surface area contributed by atoms with Crippen LogP contribution in [0.25, 0.3) is 0 Å². The molecule has 0 aromatic rings. The van der Waals surface area contributed by atoms with Crippen LogP contribution in [0.4, 0.5) is 0 Å². The first-order valence-corrected chi connectivity index (χ1v) is 11.3. The molecule has 0 aromatic carbocycles. The minimum Gasteiger partial charge on any atom is -0.303 e. The van der Waals surface area contributed by atoms with Crippen molar-refractivity contribution in [1.82, 2.24) is 9.80 Å². The summed E-state index contributed by atoms with van der Waals surface area (Å²) in [5.74, 6) is 0. The maximum absolute atomic E-state index is 11.4. The Morgan fingerprint density at radius 3 is 2.00 bits per heavy atom. The Labute approximate surface area is 159 Å². The fraction of sp³-hybridized carbons (Fsp3) is 1.00. The molecule has 7 heteroatoms. The summed E-state index contributed by atoms with van der Waals surface area (Å²) < 4.78 is 16.6. The van der Waals surface area contributed by atoms with Crippen LogP contribution in [0.15, 0.2) is 0 Å². The van der Waals surface area contributed by atoms with E-state index in [4.69, 9.17) is 4.52 Å². The average Bonchev–Trinajstić information content (AvgIpc) is 2.40. The van der Waals surface area contributed by atoms with Gasteiger partial charge in [-0.2, -0.15) is 0 Å². The standard InChI is InChI=1S/C19H39N2O4P/c1-16(2)10-9-11-18(5,20(16)7)14-19(6)13-15(25-26(22,23)24)12-17(3,4)21(19)8/h15H,9-14H2,1-8H3,(H2,22,23,24). The SMILES string of the molecule is CN1C(C)(C)CCCC1(C)CC1(C)CC(OP(=O)(O)O)CC(C)(C)N1C. The minimum atomic E-state index is -4.49. The van der Waals surface area contributed by atoms with Crippen LogP contribution in [0.1, 0.15) is 80.1 Å². The first kappa shape index (κ1) is 22.3. The Hall–Kier alpha value is 0.0300. The second-order valence-electron chi connectivity index (χ2n) is 10.4. The van der Waals surface area contributed by atoms with Gasteiger partial charge in [0.2, 0.25) is 0 Å². The highest BCUT2D eigenvalue weighted by molar-refractivity contribution is 7.46. The van der Waals surface area contributed by atoms with Gasteiger partial charge in [-0.25, -0.2) is 4.57 Å². The summed E-state index contributed by atoms with van der Waals surface area (Å²) in [4.78, 5) is 23.6. The minimum absolute atomic E-state index is 0.0465. The van der Waals surface area contributed by atoms with Crippen molar-refractivity contribution in [2.24, 2.45) is 0 Å². The van der Waals surface area contributed by atoms with Crippen molar-refractivity contribution in [3.63, 3.8) is 0 Å². The normalized spacial score (nSPS) is 39.1. The molecule has 2 aliphatic heterocycles. The van der Waals surface area contributed by atoms with E-state index in [0.717, 1.165) is 12.8 Å². The second kappa shape index (κ2) is 6.82. The van der Waals surface area contributed by atoms with E-state index < -0.39 is 13.9 Å². The molecule has 3 atom stereocenters. The number of likely N-dealkylation sites (tertiary alicyclic amines) is 2. The van der Waals surface area contributed by atoms with Crippen LogP contribution >= 0.6 is 7.82 Å². The number of phosphoric acid groups is 1. The van der Waals surface area contributed by atoms with Gasteiger partial charge in [-0.15, -0.1) is 0 Å². The lowest BCUT2D eigenvalue weighted by atomic mass is 9.68. The number of phosphoric ester groups is 1. The van der Waals surface area contributed by atoms with E-state index in [2.05, 4.69) is 65.4 Å². The van der Waals surface area contributed by atoms with E-state index in [1.165, 1.54) is 12.8 Å². The van der Waals surface area contributed by atoms with Crippen molar-refractivity contribution in [3.8, 4) is 0 Å². The van der Waals surface area contributed by atoms with Crippen molar-refractivity contribution in [2.45, 2.75) is 108 Å². The Kier molecular flexibility index (Phi) is 5.86. The average molecular weight is 391 g/mol. The number of hydrogen-bond donors (Lipinski definition) is 2. The van der Waals surface area contributed by atoms with E-state index in [0.29, 0.717) is 12.8 Å². The number of nitrogens with zero attached hydrogens (tertiary/aromatic N) is 2. The maximum atomic E-state index is 11.4. The molecular weight excluding hydrogens is 351 g/mol. The summed E-state index contributed by atoms with van der Waals surface area (Å²) in [6.07, 6.45) is 5.30. The smallest absolute Gasteiger partial charge is 0.303 e. The number of piperidine rings is 2. The van der Waals surface area contributed by atoms with Crippen LogP contribution in [0.3, 0.4) is 0 Å². The summed E-state index contributed by atoms with van der Waals surface area (Å²) >= 11 is 0. The number of hydrogen-bond acceptors (Lipinski definition) is 4. The molecule has 0 radical (unpaired) electrons. The van der Waals surface area contributed by atoms with Crippen LogP contribution in [0.5, 0.6) is 0 Å². The predicted molar refractivity (Wildman–Crippen MR) is 105 cm³/mol. The first-order valence-electron chi connectivity index (χ1n) is 9.73. The largest absolute Gasteiger partial charge is 0.469 e. The van der Waals surface area contributed by atoms with E-state index in [9.17, 15) is 14.4 Å². The molecule has 0 saturated carbocycles. The van der Waals surface area contributed by atoms with Crippen LogP contribution < -0.4 is 0 Å². The van der Waals surface area contributed by atoms with E-state index in [-0.39, 0.29) is 22.2 Å². The molecule has 2 aliphatic rings. The Morgan fingerprint density at radius 1 is 0.923 bits per heavy atom. The molecule has 0 aromatic heterocycles. The lowest BCUT2D eigenvalue weighted by Gasteiger charge is -2.60. The first-order chi connectivity index (χ1) is 11.5. The molecule has 26 heavy (non-hydrogen) atoms. The molecule has 2 saturated heterocycles. The third-order valence-corrected chi connectivity index (χ3v) is 7.95. The van der Waals surface area contributed by atoms with Crippen molar-refractivity contribution in [1.29, 1.82) is 0 Å². The Morgan fingerprint density at radius 2 is 1.46 bits per heavy atom. The fourth-order valence-electron chi connectivity index (χ4n) is 5.58. The highest BCUT2D eigenvalue weighted by Gasteiger charge is 2.52. The lowest BCUT2D eigenvalue weighted by molar-refractivity contribution is -0.109. The van der Waals surface area contributed by atoms with Crippen molar-refractivity contribution in [2.75, 3.05) is 14.1 Å². The molecule has 0 aliphatic carbocycles. The number of rotatable bonds is 4. The fourth-order valence-corrected chi connectivity index (χ4v) is 6.12. The van der Waals surface area contributed by atoms with E-state index in [1.54, 1.807) is 0 Å². The molecule has 0 amide bonds. The van der Waals surface area contributed by atoms with Gasteiger partial charge < -0.3 is 9.79 Å². The van der Waals surface area contributed by atoms with Gasteiger partial charge in [0.05, 0.1) is 6.10 Å². The monoisotopic (exact) mass is 390 g/mol. The molecule has 6 nitrogen and oxygen atoms in total. The summed E-state index contributed by atoms with van der Waals surface area (Å²) in [5.41, 5.74) is -0.178. The highest BCUT2D eigenvalue weighted by atomic mass is 31.2. The zero-order chi connectivity index (χ0) is 20.2. The van der Waals surface area contributed by atoms with Gasteiger partial charge in [0.1, 0.15) is 0 Å². The Bertz CT molecular complexity index is 576. The van der Waals surface area contributed by atoms with Crippen LogP contribution in [0, 0.1) is 0 Å². The van der Waals surface area contributed by atoms with Crippen LogP contribution in [0.2, 0.25) is 0 Å². The predicted octanol–water partition coefficient (Wildman–Crippen LogP) is 3.77. The maximum Gasteiger partial charge on any atom is 0.469 e. The zero-order valence-corrected chi connectivity index (χ0v) is 18.8. The third kappa shape index (κ3) is 4.53. The quantitative estimate of drug-likeness (QED) is 0.712. The second-order valence-corrected chi connectivity index (χ2v) is 11.6. The summed E-state index contributed by atoms with van der Waals surface area (Å²) in [6, 6.07) is 0. The summed E-state index contributed by atoms with van der Waals surface area (Å²) in [7, 11) is -0.122. The topological polar surface area (TPSA) is 73.2 Å². The Balaban J connectivity index is 2.30. The lowest BCUT2D eigenvalue weighted by Crippen LogP contribution is -2.67. The third-order valence-electron chi connectivity index (χ3n) is 7.38. The molecule has 2 fully saturated rings. The molecule has 0 bridgehead atoms. The van der Waals surface area contributed by atoms with E-state index in [1.807, 2.05) is 0 Å². The molecule has 154 valence electrons. The van der Waals surface area contributed by atoms with Gasteiger partial charge in [0.25, 0.3) is 0 Å². The molecule has 3 unspecified atom stereocenters. The van der Waals surface area contributed by atoms with Crippen LogP contribution in [-0.4, -0.2) is 61.9 Å². The molecule has 0 spiro atoms. The summed E-state index contributed by atoms with van der Waals surface area (Å²) in [5, 5.41) is 0. The van der Waals surface area contributed by atoms with Gasteiger partial charge >= 0.3 is 7.82 Å². The van der Waals surface area contributed by atoms with Gasteiger partial charge in [0.15, 0.2) is 0 Å². The van der Waals surface area contributed by atoms with E-state index >= 15 is 0 Å². The molecule has 2 heterocycles. The summed E-state index contributed by atoms with van der Waals surface area (Å²) in [6.45, 7) is 13.5. The molecular formula is C19H39N2O4P. The van der Waals surface area contributed by atoms with Gasteiger partial charge in [-0.3, -0.25) is 14.3 Å². The highest BCUT2D eigenvalue weighted by Crippen LogP contribution is 2.50. The molecule has 2 rings (SSSR count). The van der Waals surface area contributed by atoms with Crippen molar-refractivity contribution in [3.05, 3.63) is 0 Å². The van der Waals surface area contributed by atoms with Gasteiger partial charge in [-0.1, -0.05) is 0 Å². The van der Waals surface area contributed by atoms with Crippen molar-refractivity contribution >= 4 is 7.82 Å². The van der Waals surface area contributed by atoms with Crippen molar-refractivity contribution < 1.29 is 18.9 Å².